The SMILES string of the molecule is CCS(=O)(=O)CCNC(=O)c1cc(F)cnc1N. The van der Waals surface area contributed by atoms with Gasteiger partial charge in [-0.3, -0.25) is 4.79 Å². The van der Waals surface area contributed by atoms with E-state index in [0.717, 1.165) is 12.3 Å². The standard InChI is InChI=1S/C10H14FN3O3S/c1-2-18(16,17)4-3-13-10(15)8-5-7(11)6-14-9(8)12/h5-6H,2-4H2,1H3,(H2,12,14)(H,13,15). The second kappa shape index (κ2) is 5.76. The van der Waals surface area contributed by atoms with Crippen LogP contribution in [0.1, 0.15) is 17.3 Å². The number of nitrogen functional groups attached to an aromatic ring is 1. The number of hydrogen-bond acceptors (Lipinski definition) is 5. The molecule has 1 amide bonds. The molecule has 0 radical (unpaired) electrons. The van der Waals surface area contributed by atoms with E-state index in [-0.39, 0.29) is 29.4 Å². The summed E-state index contributed by atoms with van der Waals surface area (Å²) in [6, 6.07) is 0.950. The number of carbonyl (C=O) groups is 1. The van der Waals surface area contributed by atoms with Gasteiger partial charge in [0.1, 0.15) is 11.6 Å². The minimum atomic E-state index is -3.15. The van der Waals surface area contributed by atoms with E-state index in [9.17, 15) is 17.6 Å². The molecule has 0 spiro atoms. The molecule has 0 saturated carbocycles. The van der Waals surface area contributed by atoms with Gasteiger partial charge in [-0.15, -0.1) is 0 Å². The summed E-state index contributed by atoms with van der Waals surface area (Å²) in [4.78, 5) is 15.1. The van der Waals surface area contributed by atoms with E-state index in [1.807, 2.05) is 0 Å². The number of anilines is 1. The lowest BCUT2D eigenvalue weighted by atomic mass is 10.2. The van der Waals surface area contributed by atoms with Crippen LogP contribution in [0.4, 0.5) is 10.2 Å². The lowest BCUT2D eigenvalue weighted by Gasteiger charge is -2.06. The first-order valence-electron chi connectivity index (χ1n) is 5.25. The molecule has 0 fully saturated rings. The Balaban J connectivity index is 2.64. The molecule has 0 aliphatic carbocycles. The van der Waals surface area contributed by atoms with E-state index in [0.29, 0.717) is 0 Å². The second-order valence-corrected chi connectivity index (χ2v) is 6.05. The molecule has 1 aromatic heterocycles. The van der Waals surface area contributed by atoms with Crippen LogP contribution in [0.15, 0.2) is 12.3 Å². The van der Waals surface area contributed by atoms with Crippen molar-refractivity contribution in [2.75, 3.05) is 23.8 Å². The van der Waals surface area contributed by atoms with Crippen molar-refractivity contribution in [2.45, 2.75) is 6.92 Å². The Hall–Kier alpha value is -1.70. The smallest absolute Gasteiger partial charge is 0.255 e. The van der Waals surface area contributed by atoms with Crippen molar-refractivity contribution in [1.29, 1.82) is 0 Å². The number of rotatable bonds is 5. The van der Waals surface area contributed by atoms with Gasteiger partial charge in [0, 0.05) is 12.3 Å². The van der Waals surface area contributed by atoms with E-state index in [1.54, 1.807) is 0 Å². The van der Waals surface area contributed by atoms with Crippen molar-refractivity contribution in [3.05, 3.63) is 23.6 Å². The topological polar surface area (TPSA) is 102 Å². The van der Waals surface area contributed by atoms with Crippen LogP contribution < -0.4 is 11.1 Å². The third-order valence-electron chi connectivity index (χ3n) is 2.27. The number of halogens is 1. The van der Waals surface area contributed by atoms with Crippen LogP contribution >= 0.6 is 0 Å². The van der Waals surface area contributed by atoms with Crippen LogP contribution in [0.2, 0.25) is 0 Å². The van der Waals surface area contributed by atoms with Crippen LogP contribution in [0.5, 0.6) is 0 Å². The Morgan fingerprint density at radius 2 is 2.22 bits per heavy atom. The van der Waals surface area contributed by atoms with Crippen molar-refractivity contribution < 1.29 is 17.6 Å². The lowest BCUT2D eigenvalue weighted by molar-refractivity contribution is 0.0956. The summed E-state index contributed by atoms with van der Waals surface area (Å²) in [5, 5.41) is 2.35. The molecule has 8 heteroatoms. The maximum atomic E-state index is 12.9. The number of hydrogen-bond donors (Lipinski definition) is 2. The van der Waals surface area contributed by atoms with Crippen molar-refractivity contribution in [3.63, 3.8) is 0 Å². The number of amides is 1. The van der Waals surface area contributed by atoms with E-state index in [1.165, 1.54) is 6.92 Å². The number of sulfone groups is 1. The number of nitrogens with two attached hydrogens (primary N) is 1. The van der Waals surface area contributed by atoms with Gasteiger partial charge in [0.05, 0.1) is 17.5 Å². The van der Waals surface area contributed by atoms with Gasteiger partial charge in [-0.25, -0.2) is 17.8 Å². The summed E-state index contributed by atoms with van der Waals surface area (Å²) in [5.41, 5.74) is 5.31. The van der Waals surface area contributed by atoms with Crippen LogP contribution in [0.25, 0.3) is 0 Å². The molecule has 1 rings (SSSR count). The summed E-state index contributed by atoms with van der Waals surface area (Å²) >= 11 is 0. The van der Waals surface area contributed by atoms with Gasteiger partial charge in [-0.1, -0.05) is 6.92 Å². The summed E-state index contributed by atoms with van der Waals surface area (Å²) < 4.78 is 35.3. The highest BCUT2D eigenvalue weighted by molar-refractivity contribution is 7.91. The molecule has 18 heavy (non-hydrogen) atoms. The summed E-state index contributed by atoms with van der Waals surface area (Å²) in [5.74, 6) is -1.60. The normalized spacial score (nSPS) is 11.2. The van der Waals surface area contributed by atoms with Gasteiger partial charge in [0.15, 0.2) is 9.84 Å². The van der Waals surface area contributed by atoms with Crippen LogP contribution in [-0.4, -0.2) is 37.4 Å². The Morgan fingerprint density at radius 3 is 2.83 bits per heavy atom. The summed E-state index contributed by atoms with van der Waals surface area (Å²) in [6.45, 7) is 1.47. The predicted octanol–water partition coefficient (Wildman–Crippen LogP) is -0.0326. The molecule has 100 valence electrons. The number of nitrogens with one attached hydrogen (secondary N) is 1. The third kappa shape index (κ3) is 3.95. The zero-order chi connectivity index (χ0) is 13.8. The minimum Gasteiger partial charge on any atom is -0.383 e. The van der Waals surface area contributed by atoms with E-state index in [2.05, 4.69) is 10.3 Å². The van der Waals surface area contributed by atoms with E-state index in [4.69, 9.17) is 5.73 Å². The first-order chi connectivity index (χ1) is 8.35. The average Bonchev–Trinajstić information content (AvgIpc) is 2.32. The molecular formula is C10H14FN3O3S. The van der Waals surface area contributed by atoms with Gasteiger partial charge in [0.25, 0.3) is 5.91 Å². The number of pyridine rings is 1. The maximum Gasteiger partial charge on any atom is 0.255 e. The molecule has 0 unspecified atom stereocenters. The highest BCUT2D eigenvalue weighted by Gasteiger charge is 2.13. The van der Waals surface area contributed by atoms with Crippen molar-refractivity contribution in [1.82, 2.24) is 10.3 Å². The largest absolute Gasteiger partial charge is 0.383 e. The van der Waals surface area contributed by atoms with E-state index < -0.39 is 21.6 Å². The molecule has 0 atom stereocenters. The van der Waals surface area contributed by atoms with Crippen LogP contribution in [0.3, 0.4) is 0 Å². The monoisotopic (exact) mass is 275 g/mol. The van der Waals surface area contributed by atoms with Gasteiger partial charge in [-0.2, -0.15) is 0 Å². The molecule has 0 aromatic carbocycles. The van der Waals surface area contributed by atoms with Crippen LogP contribution in [-0.2, 0) is 9.84 Å². The summed E-state index contributed by atoms with van der Waals surface area (Å²) in [7, 11) is -3.15. The fourth-order valence-corrected chi connectivity index (χ4v) is 1.89. The molecule has 0 bridgehead atoms. The first-order valence-corrected chi connectivity index (χ1v) is 7.07. The summed E-state index contributed by atoms with van der Waals surface area (Å²) in [6.07, 6.45) is 0.896. The van der Waals surface area contributed by atoms with E-state index >= 15 is 0 Å². The minimum absolute atomic E-state index is 0.00648. The molecule has 3 N–H and O–H groups in total. The molecule has 1 aromatic rings. The molecule has 0 saturated heterocycles. The maximum absolute atomic E-state index is 12.9. The number of carbonyl (C=O) groups excluding carboxylic acids is 1. The molecule has 0 aliphatic rings. The molecule has 0 aliphatic heterocycles. The highest BCUT2D eigenvalue weighted by atomic mass is 32.2. The molecular weight excluding hydrogens is 261 g/mol. The van der Waals surface area contributed by atoms with Crippen LogP contribution in [0, 0.1) is 5.82 Å². The number of nitrogens with zero attached hydrogens (tertiary/aromatic N) is 1. The van der Waals surface area contributed by atoms with Gasteiger partial charge >= 0.3 is 0 Å². The quantitative estimate of drug-likeness (QED) is 0.785. The average molecular weight is 275 g/mol. The van der Waals surface area contributed by atoms with Crippen molar-refractivity contribution >= 4 is 21.6 Å². The van der Waals surface area contributed by atoms with Crippen molar-refractivity contribution in [3.8, 4) is 0 Å². The van der Waals surface area contributed by atoms with Gasteiger partial charge < -0.3 is 11.1 Å². The fourth-order valence-electron chi connectivity index (χ4n) is 1.19. The third-order valence-corrected chi connectivity index (χ3v) is 3.97. The molecule has 6 nitrogen and oxygen atoms in total. The Labute approximate surface area is 104 Å². The zero-order valence-corrected chi connectivity index (χ0v) is 10.6. The zero-order valence-electron chi connectivity index (χ0n) is 9.81. The first kappa shape index (κ1) is 14.4. The van der Waals surface area contributed by atoms with Crippen molar-refractivity contribution in [2.24, 2.45) is 0 Å². The Morgan fingerprint density at radius 1 is 1.56 bits per heavy atom. The van der Waals surface area contributed by atoms with Gasteiger partial charge in [0.2, 0.25) is 0 Å². The lowest BCUT2D eigenvalue weighted by Crippen LogP contribution is -2.30. The second-order valence-electron chi connectivity index (χ2n) is 3.58. The number of aromatic nitrogens is 1. The Kier molecular flexibility index (Phi) is 4.60. The Bertz CT molecular complexity index is 545. The predicted molar refractivity (Wildman–Crippen MR) is 65.3 cm³/mol. The fraction of sp³-hybridized carbons (Fsp3) is 0.400. The van der Waals surface area contributed by atoms with Gasteiger partial charge in [-0.05, 0) is 6.07 Å². The highest BCUT2D eigenvalue weighted by Crippen LogP contribution is 2.09. The molecule has 1 heterocycles.